The minimum Gasteiger partial charge on any atom is -0.350 e. The highest BCUT2D eigenvalue weighted by Gasteiger charge is 2.32. The van der Waals surface area contributed by atoms with Crippen LogP contribution in [0.2, 0.25) is 0 Å². The normalized spacial score (nSPS) is 19.5. The highest BCUT2D eigenvalue weighted by atomic mass is 35.5. The second-order valence-electron chi connectivity index (χ2n) is 6.54. The van der Waals surface area contributed by atoms with Crippen molar-refractivity contribution in [3.63, 3.8) is 0 Å². The second kappa shape index (κ2) is 7.75. The summed E-state index contributed by atoms with van der Waals surface area (Å²) in [4.78, 5) is 23.0. The number of aryl methyl sites for hydroxylation is 1. The molecule has 1 heterocycles. The van der Waals surface area contributed by atoms with Crippen LogP contribution in [0.3, 0.4) is 0 Å². The highest BCUT2D eigenvalue weighted by molar-refractivity contribution is 5.99. The molecule has 0 bridgehead atoms. The summed E-state index contributed by atoms with van der Waals surface area (Å²) >= 11 is 0. The molecule has 0 saturated carbocycles. The van der Waals surface area contributed by atoms with E-state index in [0.29, 0.717) is 12.1 Å². The molecule has 0 radical (unpaired) electrons. The number of nitro benzene ring substituents is 1. The summed E-state index contributed by atoms with van der Waals surface area (Å²) in [6.07, 6.45) is 2.23. The van der Waals surface area contributed by atoms with Gasteiger partial charge in [-0.05, 0) is 37.3 Å². The van der Waals surface area contributed by atoms with E-state index in [2.05, 4.69) is 24.5 Å². The first kappa shape index (κ1) is 19.4. The van der Waals surface area contributed by atoms with Gasteiger partial charge < -0.3 is 10.6 Å². The number of nitrogens with zero attached hydrogens (tertiary/aromatic N) is 1. The van der Waals surface area contributed by atoms with E-state index in [1.165, 1.54) is 6.07 Å². The van der Waals surface area contributed by atoms with Crippen molar-refractivity contribution in [2.75, 3.05) is 13.1 Å². The van der Waals surface area contributed by atoms with Crippen LogP contribution in [0.5, 0.6) is 0 Å². The van der Waals surface area contributed by atoms with Crippen LogP contribution in [0.4, 0.5) is 5.69 Å². The zero-order valence-corrected chi connectivity index (χ0v) is 14.5. The summed E-state index contributed by atoms with van der Waals surface area (Å²) in [5.41, 5.74) is 0.723. The molecule has 2 N–H and O–H groups in total. The van der Waals surface area contributed by atoms with Crippen molar-refractivity contribution in [1.82, 2.24) is 10.6 Å². The molecule has 0 aliphatic carbocycles. The van der Waals surface area contributed by atoms with Gasteiger partial charge in [0.25, 0.3) is 11.6 Å². The molecule has 1 aliphatic rings. The molecule has 1 aliphatic heterocycles. The Kier molecular flexibility index (Phi) is 6.53. The summed E-state index contributed by atoms with van der Waals surface area (Å²) < 4.78 is 0. The first-order chi connectivity index (χ1) is 10.3. The first-order valence-electron chi connectivity index (χ1n) is 7.58. The predicted octanol–water partition coefficient (Wildman–Crippen LogP) is 2.83. The molecular weight excluding hydrogens is 318 g/mol. The minimum absolute atomic E-state index is 0. The molecule has 1 fully saturated rings. The average molecular weight is 342 g/mol. The molecule has 0 spiro atoms. The molecule has 7 heteroatoms. The van der Waals surface area contributed by atoms with Crippen LogP contribution in [-0.4, -0.2) is 30.0 Å². The third kappa shape index (κ3) is 4.42. The number of benzene rings is 1. The fraction of sp³-hybridized carbons (Fsp3) is 0.562. The quantitative estimate of drug-likeness (QED) is 0.651. The Balaban J connectivity index is 0.00000264. The van der Waals surface area contributed by atoms with E-state index < -0.39 is 4.92 Å². The highest BCUT2D eigenvalue weighted by Crippen LogP contribution is 2.29. The molecule has 1 amide bonds. The molecule has 23 heavy (non-hydrogen) atoms. The van der Waals surface area contributed by atoms with Gasteiger partial charge in [-0.25, -0.2) is 0 Å². The third-order valence-corrected chi connectivity index (χ3v) is 4.47. The van der Waals surface area contributed by atoms with Crippen molar-refractivity contribution in [2.24, 2.45) is 5.41 Å². The molecule has 1 aromatic carbocycles. The van der Waals surface area contributed by atoms with Gasteiger partial charge >= 0.3 is 0 Å². The van der Waals surface area contributed by atoms with Crippen molar-refractivity contribution in [3.8, 4) is 0 Å². The van der Waals surface area contributed by atoms with E-state index in [9.17, 15) is 14.9 Å². The van der Waals surface area contributed by atoms with Crippen LogP contribution >= 0.6 is 12.4 Å². The number of piperidine rings is 1. The monoisotopic (exact) mass is 341 g/mol. The Hall–Kier alpha value is -1.66. The van der Waals surface area contributed by atoms with E-state index in [1.54, 1.807) is 19.1 Å². The SMILES string of the molecule is Cc1cccc([N+](=O)[O-])c1C(=O)NCC1NCCCC1(C)C.Cl. The van der Waals surface area contributed by atoms with Gasteiger partial charge in [0, 0.05) is 18.7 Å². The molecule has 6 nitrogen and oxygen atoms in total. The van der Waals surface area contributed by atoms with E-state index in [4.69, 9.17) is 0 Å². The van der Waals surface area contributed by atoms with Gasteiger partial charge in [-0.3, -0.25) is 14.9 Å². The molecule has 128 valence electrons. The van der Waals surface area contributed by atoms with E-state index in [0.717, 1.165) is 19.4 Å². The maximum Gasteiger partial charge on any atom is 0.282 e. The van der Waals surface area contributed by atoms with Gasteiger partial charge in [-0.15, -0.1) is 12.4 Å². The molecule has 1 aromatic rings. The van der Waals surface area contributed by atoms with Crippen molar-refractivity contribution < 1.29 is 9.72 Å². The van der Waals surface area contributed by atoms with Crippen LogP contribution in [0.25, 0.3) is 0 Å². The largest absolute Gasteiger partial charge is 0.350 e. The van der Waals surface area contributed by atoms with Crippen LogP contribution in [0, 0.1) is 22.5 Å². The van der Waals surface area contributed by atoms with Crippen LogP contribution in [-0.2, 0) is 0 Å². The van der Waals surface area contributed by atoms with E-state index >= 15 is 0 Å². The van der Waals surface area contributed by atoms with Gasteiger partial charge in [-0.1, -0.05) is 26.0 Å². The topological polar surface area (TPSA) is 84.3 Å². The Labute approximate surface area is 142 Å². The molecule has 0 aromatic heterocycles. The number of carbonyl (C=O) groups excluding carboxylic acids is 1. The van der Waals surface area contributed by atoms with Gasteiger partial charge in [0.15, 0.2) is 0 Å². The number of carbonyl (C=O) groups is 1. The Bertz CT molecular complexity index is 590. The summed E-state index contributed by atoms with van der Waals surface area (Å²) in [5.74, 6) is -0.382. The number of amides is 1. The van der Waals surface area contributed by atoms with Crippen molar-refractivity contribution in [1.29, 1.82) is 0 Å². The molecule has 1 atom stereocenters. The maximum atomic E-state index is 12.4. The number of nitrogens with one attached hydrogen (secondary N) is 2. The fourth-order valence-electron chi connectivity index (χ4n) is 3.00. The number of hydrogen-bond acceptors (Lipinski definition) is 4. The van der Waals surface area contributed by atoms with Gasteiger partial charge in [-0.2, -0.15) is 0 Å². The summed E-state index contributed by atoms with van der Waals surface area (Å²) in [7, 11) is 0. The number of hydrogen-bond donors (Lipinski definition) is 2. The molecule has 1 unspecified atom stereocenters. The molecule has 2 rings (SSSR count). The Morgan fingerprint density at radius 3 is 2.78 bits per heavy atom. The fourth-order valence-corrected chi connectivity index (χ4v) is 3.00. The lowest BCUT2D eigenvalue weighted by atomic mass is 9.77. The first-order valence-corrected chi connectivity index (χ1v) is 7.58. The smallest absolute Gasteiger partial charge is 0.282 e. The zero-order chi connectivity index (χ0) is 16.3. The lowest BCUT2D eigenvalue weighted by Gasteiger charge is -2.39. The van der Waals surface area contributed by atoms with Crippen molar-refractivity contribution in [2.45, 2.75) is 39.7 Å². The average Bonchev–Trinajstić information content (AvgIpc) is 2.45. The number of nitro groups is 1. The number of halogens is 1. The van der Waals surface area contributed by atoms with Gasteiger partial charge in [0.05, 0.1) is 4.92 Å². The predicted molar refractivity (Wildman–Crippen MR) is 92.2 cm³/mol. The third-order valence-electron chi connectivity index (χ3n) is 4.47. The van der Waals surface area contributed by atoms with E-state index in [1.807, 2.05) is 0 Å². The van der Waals surface area contributed by atoms with Crippen LogP contribution < -0.4 is 10.6 Å². The van der Waals surface area contributed by atoms with Gasteiger partial charge in [0.1, 0.15) is 5.56 Å². The lowest BCUT2D eigenvalue weighted by molar-refractivity contribution is -0.385. The zero-order valence-electron chi connectivity index (χ0n) is 13.7. The Morgan fingerprint density at radius 1 is 1.48 bits per heavy atom. The molecule has 1 saturated heterocycles. The van der Waals surface area contributed by atoms with Crippen molar-refractivity contribution in [3.05, 3.63) is 39.4 Å². The summed E-state index contributed by atoms with van der Waals surface area (Å²) in [6, 6.07) is 4.85. The maximum absolute atomic E-state index is 12.4. The van der Waals surface area contributed by atoms with E-state index in [-0.39, 0.29) is 41.0 Å². The van der Waals surface area contributed by atoms with Crippen molar-refractivity contribution >= 4 is 24.0 Å². The number of rotatable bonds is 4. The molecular formula is C16H24ClN3O3. The Morgan fingerprint density at radius 2 is 2.17 bits per heavy atom. The minimum atomic E-state index is -0.509. The van der Waals surface area contributed by atoms with Crippen LogP contribution in [0.1, 0.15) is 42.6 Å². The lowest BCUT2D eigenvalue weighted by Crippen LogP contribution is -2.52. The van der Waals surface area contributed by atoms with Gasteiger partial charge in [0.2, 0.25) is 0 Å². The summed E-state index contributed by atoms with van der Waals surface area (Å²) in [5, 5.41) is 17.4. The summed E-state index contributed by atoms with van der Waals surface area (Å²) in [6.45, 7) is 7.47. The standard InChI is InChI=1S/C16H23N3O3.ClH/c1-11-6-4-7-12(19(21)22)14(11)15(20)18-10-13-16(2,3)8-5-9-17-13;/h4,6-7,13,17H,5,8-10H2,1-3H3,(H,18,20);1H. The second-order valence-corrected chi connectivity index (χ2v) is 6.54. The van der Waals surface area contributed by atoms with Crippen LogP contribution in [0.15, 0.2) is 18.2 Å².